The van der Waals surface area contributed by atoms with E-state index in [4.69, 9.17) is 28.2 Å². The minimum Gasteiger partial charge on any atom is -0.333 e. The van der Waals surface area contributed by atoms with E-state index < -0.39 is 5.54 Å². The lowest BCUT2D eigenvalue weighted by Crippen LogP contribution is -2.50. The molecule has 30 heavy (non-hydrogen) atoms. The van der Waals surface area contributed by atoms with Crippen molar-refractivity contribution in [1.29, 1.82) is 0 Å². The predicted octanol–water partition coefficient (Wildman–Crippen LogP) is 5.98. The van der Waals surface area contributed by atoms with Gasteiger partial charge in [-0.2, -0.15) is 0 Å². The minimum atomic E-state index is -0.466. The number of nitrogens with one attached hydrogen (secondary N) is 1. The number of nitrogens with zero attached hydrogens (tertiary/aromatic N) is 1. The van der Waals surface area contributed by atoms with Gasteiger partial charge >= 0.3 is 0 Å². The topological polar surface area (TPSA) is 50.9 Å². The van der Waals surface area contributed by atoms with E-state index in [-0.39, 0.29) is 0 Å². The van der Waals surface area contributed by atoms with Crippen LogP contribution in [0.3, 0.4) is 0 Å². The van der Waals surface area contributed by atoms with Crippen molar-refractivity contribution in [3.8, 4) is 0 Å². The zero-order valence-electron chi connectivity index (χ0n) is 17.3. The Morgan fingerprint density at radius 3 is 2.30 bits per heavy atom. The lowest BCUT2D eigenvalue weighted by Gasteiger charge is -2.38. The lowest BCUT2D eigenvalue weighted by molar-refractivity contribution is 0.332. The standard InChI is InChI=1S/C24H24Cl2N2.CH5N/c25-20-10-6-9-19(15-20)24(28-22-11-4-5-12-22,16-18-7-2-1-3-8-18)23-14-13-21(26)17-27-23;1-2/h1-3,6-10,13-15,17,22,28H,4-5,11-12,16H2;2H2,1H3. The van der Waals surface area contributed by atoms with E-state index >= 15 is 0 Å². The second-order valence-electron chi connectivity index (χ2n) is 7.57. The van der Waals surface area contributed by atoms with Crippen LogP contribution in [0.2, 0.25) is 10.0 Å². The van der Waals surface area contributed by atoms with Crippen molar-refractivity contribution in [2.75, 3.05) is 7.05 Å². The molecule has 0 saturated heterocycles. The van der Waals surface area contributed by atoms with E-state index in [1.807, 2.05) is 24.3 Å². The number of hydrogen-bond donors (Lipinski definition) is 2. The van der Waals surface area contributed by atoms with Crippen LogP contribution in [0.1, 0.15) is 42.5 Å². The highest BCUT2D eigenvalue weighted by Gasteiger charge is 2.38. The van der Waals surface area contributed by atoms with Gasteiger partial charge in [0, 0.05) is 23.7 Å². The maximum atomic E-state index is 6.41. The van der Waals surface area contributed by atoms with Gasteiger partial charge in [-0.25, -0.2) is 0 Å². The third-order valence-corrected chi connectivity index (χ3v) is 6.06. The molecule has 1 heterocycles. The Morgan fingerprint density at radius 1 is 0.933 bits per heavy atom. The third kappa shape index (κ3) is 5.41. The molecule has 3 nitrogen and oxygen atoms in total. The maximum absolute atomic E-state index is 6.41. The molecule has 0 aliphatic heterocycles. The van der Waals surface area contributed by atoms with Crippen LogP contribution in [0.4, 0.5) is 0 Å². The number of nitrogens with two attached hydrogens (primary N) is 1. The van der Waals surface area contributed by atoms with Crippen molar-refractivity contribution >= 4 is 23.2 Å². The Hall–Kier alpha value is -1.91. The number of halogens is 2. The number of rotatable bonds is 6. The van der Waals surface area contributed by atoms with Gasteiger partial charge in [-0.1, -0.05) is 78.5 Å². The second kappa shape index (κ2) is 10.9. The predicted molar refractivity (Wildman–Crippen MR) is 127 cm³/mol. The summed E-state index contributed by atoms with van der Waals surface area (Å²) in [7, 11) is 1.50. The SMILES string of the molecule is CN.Clc1ccc(C(Cc2ccccc2)(NC2CCCC2)c2cccc(Cl)c2)nc1. The molecule has 2 aromatic carbocycles. The van der Waals surface area contributed by atoms with Crippen LogP contribution >= 0.6 is 23.2 Å². The second-order valence-corrected chi connectivity index (χ2v) is 8.44. The van der Waals surface area contributed by atoms with Gasteiger partial charge in [-0.15, -0.1) is 0 Å². The first-order valence-electron chi connectivity index (χ1n) is 10.4. The largest absolute Gasteiger partial charge is 0.333 e. The first-order valence-corrected chi connectivity index (χ1v) is 11.2. The van der Waals surface area contributed by atoms with E-state index in [2.05, 4.69) is 53.5 Å². The van der Waals surface area contributed by atoms with Crippen LogP contribution in [-0.2, 0) is 12.0 Å². The van der Waals surface area contributed by atoms with Crippen LogP contribution < -0.4 is 11.1 Å². The van der Waals surface area contributed by atoms with Crippen molar-refractivity contribution in [2.24, 2.45) is 5.73 Å². The lowest BCUT2D eigenvalue weighted by atomic mass is 9.79. The summed E-state index contributed by atoms with van der Waals surface area (Å²) in [5.41, 5.74) is 7.39. The number of hydrogen-bond acceptors (Lipinski definition) is 3. The molecule has 0 bridgehead atoms. The number of benzene rings is 2. The van der Waals surface area contributed by atoms with Crippen LogP contribution in [0.25, 0.3) is 0 Å². The summed E-state index contributed by atoms with van der Waals surface area (Å²) in [6, 6.07) is 23.1. The van der Waals surface area contributed by atoms with Gasteiger partial charge in [-0.05, 0) is 55.3 Å². The Balaban J connectivity index is 0.00000124. The first-order chi connectivity index (χ1) is 14.7. The summed E-state index contributed by atoms with van der Waals surface area (Å²) in [5, 5.41) is 5.37. The summed E-state index contributed by atoms with van der Waals surface area (Å²) in [6.07, 6.45) is 7.43. The fraction of sp³-hybridized carbons (Fsp3) is 0.320. The van der Waals surface area contributed by atoms with Crippen LogP contribution in [0.5, 0.6) is 0 Å². The average molecular weight is 442 g/mol. The van der Waals surface area contributed by atoms with Crippen LogP contribution in [-0.4, -0.2) is 18.1 Å². The molecule has 0 amide bonds. The Labute approximate surface area is 189 Å². The van der Waals surface area contributed by atoms with Crippen molar-refractivity contribution < 1.29 is 0 Å². The molecule has 3 aromatic rings. The van der Waals surface area contributed by atoms with Crippen LogP contribution in [0, 0.1) is 0 Å². The van der Waals surface area contributed by atoms with Crippen LogP contribution in [0.15, 0.2) is 72.9 Å². The van der Waals surface area contributed by atoms with E-state index in [9.17, 15) is 0 Å². The molecule has 0 spiro atoms. The number of aromatic nitrogens is 1. The van der Waals surface area contributed by atoms with Gasteiger partial charge in [0.15, 0.2) is 0 Å². The normalized spacial score (nSPS) is 15.9. The summed E-state index contributed by atoms with van der Waals surface area (Å²) in [5.74, 6) is 0. The van der Waals surface area contributed by atoms with Crippen molar-refractivity contribution in [2.45, 2.75) is 43.7 Å². The molecule has 158 valence electrons. The minimum absolute atomic E-state index is 0.458. The molecule has 1 aromatic heterocycles. The Kier molecular flexibility index (Phi) is 8.29. The fourth-order valence-corrected chi connectivity index (χ4v) is 4.55. The molecule has 1 unspecified atom stereocenters. The maximum Gasteiger partial charge on any atom is 0.0907 e. The van der Waals surface area contributed by atoms with Crippen molar-refractivity contribution in [1.82, 2.24) is 10.3 Å². The first kappa shape index (κ1) is 22.8. The zero-order valence-corrected chi connectivity index (χ0v) is 18.8. The highest BCUT2D eigenvalue weighted by Crippen LogP contribution is 2.36. The van der Waals surface area contributed by atoms with Gasteiger partial charge in [0.1, 0.15) is 0 Å². The summed E-state index contributed by atoms with van der Waals surface area (Å²) in [6.45, 7) is 0. The average Bonchev–Trinajstić information content (AvgIpc) is 3.29. The molecule has 1 atom stereocenters. The molecule has 1 fully saturated rings. The molecule has 5 heteroatoms. The molecular formula is C25H29Cl2N3. The highest BCUT2D eigenvalue weighted by molar-refractivity contribution is 6.30. The summed E-state index contributed by atoms with van der Waals surface area (Å²) in [4.78, 5) is 4.76. The molecule has 1 aliphatic carbocycles. The van der Waals surface area contributed by atoms with E-state index in [0.717, 1.165) is 22.7 Å². The smallest absolute Gasteiger partial charge is 0.0907 e. The van der Waals surface area contributed by atoms with Crippen molar-refractivity contribution in [3.63, 3.8) is 0 Å². The van der Waals surface area contributed by atoms with Crippen molar-refractivity contribution in [3.05, 3.63) is 99.8 Å². The van der Waals surface area contributed by atoms with Gasteiger partial charge in [-0.3, -0.25) is 10.3 Å². The summed E-state index contributed by atoms with van der Waals surface area (Å²) < 4.78 is 0. The fourth-order valence-electron chi connectivity index (χ4n) is 4.25. The quantitative estimate of drug-likeness (QED) is 0.494. The van der Waals surface area contributed by atoms with Gasteiger partial charge in [0.2, 0.25) is 0 Å². The molecule has 0 radical (unpaired) electrons. The molecule has 1 aliphatic rings. The Bertz CT molecular complexity index is 909. The zero-order chi connectivity index (χ0) is 21.4. The van der Waals surface area contributed by atoms with Gasteiger partial charge < -0.3 is 5.73 Å². The van der Waals surface area contributed by atoms with Gasteiger partial charge in [0.25, 0.3) is 0 Å². The number of pyridine rings is 1. The summed E-state index contributed by atoms with van der Waals surface area (Å²) >= 11 is 12.6. The molecule has 3 N–H and O–H groups in total. The van der Waals surface area contributed by atoms with E-state index in [1.54, 1.807) is 6.20 Å². The van der Waals surface area contributed by atoms with Gasteiger partial charge in [0.05, 0.1) is 16.3 Å². The Morgan fingerprint density at radius 2 is 1.67 bits per heavy atom. The van der Waals surface area contributed by atoms with E-state index in [0.29, 0.717) is 11.1 Å². The third-order valence-electron chi connectivity index (χ3n) is 5.60. The monoisotopic (exact) mass is 441 g/mol. The molecule has 1 saturated carbocycles. The molecular weight excluding hydrogens is 413 g/mol. The highest BCUT2D eigenvalue weighted by atomic mass is 35.5. The molecule has 4 rings (SSSR count). The van der Waals surface area contributed by atoms with E-state index in [1.165, 1.54) is 38.3 Å².